The van der Waals surface area contributed by atoms with Crippen LogP contribution in [0.5, 0.6) is 0 Å². The first kappa shape index (κ1) is 23.5. The van der Waals surface area contributed by atoms with E-state index < -0.39 is 6.23 Å². The molecule has 1 atom stereocenters. The zero-order valence-corrected chi connectivity index (χ0v) is 21.6. The standard InChI is InChI=1S/C29H29N9O/c1-17-15-38(16-33-17)28-22-11-25(35-24(22)7-8-31-28)26-23-10-20(13-32-27(23)37-36-26)19-9-21(14-30-12-19)34-29(39)18-5-3-2-4-6-18/h7-16,18,29,34-35,39H,2-6H2,1H3,(H,32,36,37). The summed E-state index contributed by atoms with van der Waals surface area (Å²) in [6, 6.07) is 8.10. The van der Waals surface area contributed by atoms with Gasteiger partial charge in [-0.2, -0.15) is 5.10 Å². The van der Waals surface area contributed by atoms with Crippen molar-refractivity contribution >= 4 is 27.6 Å². The Bertz CT molecular complexity index is 1780. The van der Waals surface area contributed by atoms with Gasteiger partial charge in [-0.05, 0) is 44.0 Å². The van der Waals surface area contributed by atoms with E-state index in [4.69, 9.17) is 0 Å². The normalized spacial score (nSPS) is 15.2. The van der Waals surface area contributed by atoms with Crippen LogP contribution in [-0.4, -0.2) is 51.0 Å². The molecule has 0 aliphatic heterocycles. The van der Waals surface area contributed by atoms with Gasteiger partial charge < -0.3 is 15.4 Å². The molecule has 1 fully saturated rings. The number of fused-ring (bicyclic) bond motifs is 2. The summed E-state index contributed by atoms with van der Waals surface area (Å²) in [6.07, 6.45) is 16.0. The molecule has 10 heteroatoms. The number of aromatic nitrogens is 8. The minimum absolute atomic E-state index is 0.277. The van der Waals surface area contributed by atoms with E-state index in [1.807, 2.05) is 42.2 Å². The number of aromatic amines is 2. The molecule has 0 spiro atoms. The smallest absolute Gasteiger partial charge is 0.155 e. The molecule has 0 saturated heterocycles. The zero-order valence-electron chi connectivity index (χ0n) is 21.6. The van der Waals surface area contributed by atoms with E-state index in [1.165, 1.54) is 19.3 Å². The highest BCUT2D eigenvalue weighted by Crippen LogP contribution is 2.33. The number of nitrogens with zero attached hydrogens (tertiary/aromatic N) is 6. The Balaban J connectivity index is 1.22. The van der Waals surface area contributed by atoms with Crippen molar-refractivity contribution in [3.05, 3.63) is 67.3 Å². The van der Waals surface area contributed by atoms with Gasteiger partial charge in [-0.25, -0.2) is 15.0 Å². The molecule has 39 heavy (non-hydrogen) atoms. The first-order valence-electron chi connectivity index (χ1n) is 13.4. The van der Waals surface area contributed by atoms with Gasteiger partial charge >= 0.3 is 0 Å². The van der Waals surface area contributed by atoms with E-state index in [1.54, 1.807) is 18.7 Å². The number of hydrogen-bond donors (Lipinski definition) is 4. The molecular weight excluding hydrogens is 490 g/mol. The highest BCUT2D eigenvalue weighted by atomic mass is 16.3. The maximum Gasteiger partial charge on any atom is 0.155 e. The summed E-state index contributed by atoms with van der Waals surface area (Å²) in [5.74, 6) is 1.08. The van der Waals surface area contributed by atoms with Crippen LogP contribution in [-0.2, 0) is 0 Å². The van der Waals surface area contributed by atoms with E-state index in [0.717, 1.165) is 68.8 Å². The van der Waals surface area contributed by atoms with Crippen LogP contribution in [0.4, 0.5) is 5.69 Å². The molecule has 7 rings (SSSR count). The number of aliphatic hydroxyl groups excluding tert-OH is 1. The van der Waals surface area contributed by atoms with Crippen molar-refractivity contribution in [3.63, 3.8) is 0 Å². The highest BCUT2D eigenvalue weighted by molar-refractivity contribution is 5.97. The first-order valence-corrected chi connectivity index (χ1v) is 13.4. The van der Waals surface area contributed by atoms with Gasteiger partial charge in [-0.1, -0.05) is 19.3 Å². The van der Waals surface area contributed by atoms with Crippen LogP contribution < -0.4 is 5.32 Å². The number of H-pyrrole nitrogens is 2. The number of aliphatic hydroxyl groups is 1. The molecule has 6 aromatic heterocycles. The van der Waals surface area contributed by atoms with Gasteiger partial charge in [0.1, 0.15) is 24.1 Å². The number of nitrogens with one attached hydrogen (secondary N) is 3. The number of aryl methyl sites for hydroxylation is 1. The van der Waals surface area contributed by atoms with Gasteiger partial charge in [0, 0.05) is 52.6 Å². The molecule has 0 amide bonds. The Morgan fingerprint density at radius 3 is 2.72 bits per heavy atom. The Labute approximate surface area is 224 Å². The van der Waals surface area contributed by atoms with E-state index in [2.05, 4.69) is 52.6 Å². The quantitative estimate of drug-likeness (QED) is 0.217. The van der Waals surface area contributed by atoms with Crippen molar-refractivity contribution in [2.45, 2.75) is 45.3 Å². The van der Waals surface area contributed by atoms with Crippen molar-refractivity contribution in [2.75, 3.05) is 5.32 Å². The average molecular weight is 520 g/mol. The molecule has 6 aromatic rings. The van der Waals surface area contributed by atoms with Gasteiger partial charge in [0.15, 0.2) is 5.65 Å². The van der Waals surface area contributed by atoms with Crippen molar-refractivity contribution in [3.8, 4) is 28.3 Å². The van der Waals surface area contributed by atoms with Crippen LogP contribution >= 0.6 is 0 Å². The third kappa shape index (κ3) is 4.42. The lowest BCUT2D eigenvalue weighted by atomic mass is 9.88. The topological polar surface area (TPSA) is 133 Å². The van der Waals surface area contributed by atoms with Gasteiger partial charge in [0.2, 0.25) is 0 Å². The second-order valence-corrected chi connectivity index (χ2v) is 10.3. The summed E-state index contributed by atoms with van der Waals surface area (Å²) < 4.78 is 1.93. The Morgan fingerprint density at radius 1 is 1.00 bits per heavy atom. The fourth-order valence-corrected chi connectivity index (χ4v) is 5.59. The Morgan fingerprint density at radius 2 is 1.87 bits per heavy atom. The molecular formula is C29H29N9O. The summed E-state index contributed by atoms with van der Waals surface area (Å²) in [5.41, 5.74) is 6.86. The minimum atomic E-state index is -0.573. The van der Waals surface area contributed by atoms with Crippen molar-refractivity contribution in [1.29, 1.82) is 0 Å². The van der Waals surface area contributed by atoms with Gasteiger partial charge in [0.25, 0.3) is 0 Å². The third-order valence-corrected chi connectivity index (χ3v) is 7.64. The monoisotopic (exact) mass is 519 g/mol. The number of hydrogen-bond acceptors (Lipinski definition) is 7. The van der Waals surface area contributed by atoms with Crippen molar-refractivity contribution < 1.29 is 5.11 Å². The van der Waals surface area contributed by atoms with Gasteiger partial charge in [-0.3, -0.25) is 14.6 Å². The summed E-state index contributed by atoms with van der Waals surface area (Å²) in [7, 11) is 0. The van der Waals surface area contributed by atoms with E-state index >= 15 is 0 Å². The fraction of sp³-hybridized carbons (Fsp3) is 0.276. The van der Waals surface area contributed by atoms with Crippen LogP contribution in [0.2, 0.25) is 0 Å². The number of rotatable bonds is 6. The van der Waals surface area contributed by atoms with Crippen LogP contribution in [0.1, 0.15) is 37.8 Å². The van der Waals surface area contributed by atoms with Crippen LogP contribution in [0.3, 0.4) is 0 Å². The van der Waals surface area contributed by atoms with Crippen molar-refractivity contribution in [1.82, 2.24) is 39.7 Å². The van der Waals surface area contributed by atoms with E-state index in [-0.39, 0.29) is 5.92 Å². The van der Waals surface area contributed by atoms with Crippen LogP contribution in [0.25, 0.3) is 50.3 Å². The summed E-state index contributed by atoms with van der Waals surface area (Å²) in [4.78, 5) is 21.5. The second kappa shape index (κ2) is 9.63. The fourth-order valence-electron chi connectivity index (χ4n) is 5.59. The third-order valence-electron chi connectivity index (χ3n) is 7.64. The predicted octanol–water partition coefficient (Wildman–Crippen LogP) is 5.37. The van der Waals surface area contributed by atoms with E-state index in [0.29, 0.717) is 5.65 Å². The summed E-state index contributed by atoms with van der Waals surface area (Å²) in [6.45, 7) is 1.96. The molecule has 1 aliphatic rings. The van der Waals surface area contributed by atoms with Crippen LogP contribution in [0.15, 0.2) is 61.6 Å². The Kier molecular flexibility index (Phi) is 5.81. The molecule has 196 valence electrons. The van der Waals surface area contributed by atoms with Gasteiger partial charge in [-0.15, -0.1) is 0 Å². The predicted molar refractivity (Wildman–Crippen MR) is 150 cm³/mol. The highest BCUT2D eigenvalue weighted by Gasteiger charge is 2.22. The molecule has 4 N–H and O–H groups in total. The number of pyridine rings is 3. The summed E-state index contributed by atoms with van der Waals surface area (Å²) >= 11 is 0. The lowest BCUT2D eigenvalue weighted by Crippen LogP contribution is -2.30. The minimum Gasteiger partial charge on any atom is -0.374 e. The second-order valence-electron chi connectivity index (χ2n) is 10.3. The summed E-state index contributed by atoms with van der Waals surface area (Å²) in [5, 5.41) is 23.5. The van der Waals surface area contributed by atoms with Crippen molar-refractivity contribution in [2.24, 2.45) is 5.92 Å². The lowest BCUT2D eigenvalue weighted by Gasteiger charge is -2.27. The molecule has 6 heterocycles. The Hall–Kier alpha value is -4.57. The molecule has 1 saturated carbocycles. The number of imidazole rings is 1. The average Bonchev–Trinajstić information content (AvgIpc) is 3.71. The first-order chi connectivity index (χ1) is 19.1. The molecule has 0 radical (unpaired) electrons. The molecule has 0 aromatic carbocycles. The SMILES string of the molecule is Cc1cn(-c2nccc3[nH]c(-c4n[nH]c5ncc(-c6cncc(NC(O)C7CCCCC7)c6)cc45)cc23)cn1. The van der Waals surface area contributed by atoms with E-state index in [9.17, 15) is 5.11 Å². The largest absolute Gasteiger partial charge is 0.374 e. The molecule has 0 bridgehead atoms. The number of anilines is 1. The molecule has 10 nitrogen and oxygen atoms in total. The lowest BCUT2D eigenvalue weighted by molar-refractivity contribution is 0.109. The molecule has 1 unspecified atom stereocenters. The van der Waals surface area contributed by atoms with Gasteiger partial charge in [0.05, 0.1) is 28.8 Å². The zero-order chi connectivity index (χ0) is 26.3. The van der Waals surface area contributed by atoms with Crippen LogP contribution in [0, 0.1) is 12.8 Å². The maximum absolute atomic E-state index is 10.7. The maximum atomic E-state index is 10.7. The molecule has 1 aliphatic carbocycles.